The van der Waals surface area contributed by atoms with Crippen LogP contribution in [0, 0.1) is 0 Å². The first-order chi connectivity index (χ1) is 8.18. The molecule has 0 spiro atoms. The molecule has 8 heteroatoms. The Bertz CT molecular complexity index is 349. The fourth-order valence-corrected chi connectivity index (χ4v) is 2.23. The van der Waals surface area contributed by atoms with Crippen LogP contribution >= 0.6 is 11.8 Å². The predicted molar refractivity (Wildman–Crippen MR) is 61.9 cm³/mol. The van der Waals surface area contributed by atoms with E-state index in [0.717, 1.165) is 0 Å². The van der Waals surface area contributed by atoms with Gasteiger partial charge in [0.1, 0.15) is 5.54 Å². The molecule has 0 aromatic heterocycles. The number of nitrogens with zero attached hydrogens (tertiary/aromatic N) is 1. The summed E-state index contributed by atoms with van der Waals surface area (Å²) < 4.78 is 35.9. The van der Waals surface area contributed by atoms with Crippen LogP contribution in [0.5, 0.6) is 0 Å². The van der Waals surface area contributed by atoms with Gasteiger partial charge in [-0.3, -0.25) is 9.59 Å². The molecule has 18 heavy (non-hydrogen) atoms. The van der Waals surface area contributed by atoms with Crippen LogP contribution in [-0.4, -0.2) is 46.6 Å². The number of thioether (sulfide) groups is 1. The zero-order valence-corrected chi connectivity index (χ0v) is 11.0. The zero-order chi connectivity index (χ0) is 14.0. The normalized spacial score (nSPS) is 25.3. The number of hydrogen-bond donors (Lipinski definition) is 1. The third kappa shape index (κ3) is 3.79. The van der Waals surface area contributed by atoms with Gasteiger partial charge in [-0.1, -0.05) is 6.92 Å². The Morgan fingerprint density at radius 3 is 2.56 bits per heavy atom. The van der Waals surface area contributed by atoms with Gasteiger partial charge in [0.15, 0.2) is 0 Å². The lowest BCUT2D eigenvalue weighted by Gasteiger charge is -2.39. The maximum absolute atomic E-state index is 12.0. The van der Waals surface area contributed by atoms with E-state index in [1.165, 1.54) is 4.90 Å². The molecule has 1 saturated heterocycles. The van der Waals surface area contributed by atoms with Crippen LogP contribution in [0.25, 0.3) is 0 Å². The second-order valence-corrected chi connectivity index (χ2v) is 5.41. The molecule has 1 atom stereocenters. The Morgan fingerprint density at radius 2 is 2.06 bits per heavy atom. The maximum atomic E-state index is 12.0. The topological polar surface area (TPSA) is 49.4 Å². The largest absolute Gasteiger partial charge is 0.441 e. The Balaban J connectivity index is 2.59. The highest BCUT2D eigenvalue weighted by Crippen LogP contribution is 2.30. The number of carbonyl (C=O) groups excluding carboxylic acids is 2. The average Bonchev–Trinajstić information content (AvgIpc) is 2.23. The minimum Gasteiger partial charge on any atom is -0.340 e. The fraction of sp³-hybridized carbons (Fsp3) is 0.800. The van der Waals surface area contributed by atoms with Crippen molar-refractivity contribution in [3.8, 4) is 0 Å². The standard InChI is InChI=1S/C10H15F3N2O2S/c1-3-9(2)8(17)15(6-7(16)14-9)4-5-18-10(11,12)13/h3-6H2,1-2H3,(H,14,16). The molecule has 2 amide bonds. The Morgan fingerprint density at radius 1 is 1.44 bits per heavy atom. The summed E-state index contributed by atoms with van der Waals surface area (Å²) in [6, 6.07) is 0. The van der Waals surface area contributed by atoms with Gasteiger partial charge < -0.3 is 10.2 Å². The molecule has 4 nitrogen and oxygen atoms in total. The van der Waals surface area contributed by atoms with Crippen LogP contribution in [0.2, 0.25) is 0 Å². The summed E-state index contributed by atoms with van der Waals surface area (Å²) in [5, 5.41) is 2.57. The molecule has 1 fully saturated rings. The van der Waals surface area contributed by atoms with E-state index in [4.69, 9.17) is 0 Å². The molecule has 0 bridgehead atoms. The Labute approximate surface area is 107 Å². The molecule has 1 N–H and O–H groups in total. The summed E-state index contributed by atoms with van der Waals surface area (Å²) in [5.74, 6) is -0.925. The second kappa shape index (κ2) is 5.38. The van der Waals surface area contributed by atoms with Gasteiger partial charge in [0.05, 0.1) is 6.54 Å². The monoisotopic (exact) mass is 284 g/mol. The zero-order valence-electron chi connectivity index (χ0n) is 10.1. The van der Waals surface area contributed by atoms with Crippen molar-refractivity contribution in [2.75, 3.05) is 18.8 Å². The fourth-order valence-electron chi connectivity index (χ4n) is 1.69. The number of piperazine rings is 1. The van der Waals surface area contributed by atoms with E-state index in [2.05, 4.69) is 5.32 Å². The number of nitrogens with one attached hydrogen (secondary N) is 1. The van der Waals surface area contributed by atoms with Crippen molar-refractivity contribution in [2.45, 2.75) is 31.3 Å². The molecule has 0 aliphatic carbocycles. The van der Waals surface area contributed by atoms with Crippen LogP contribution in [0.15, 0.2) is 0 Å². The van der Waals surface area contributed by atoms with Crippen molar-refractivity contribution in [1.29, 1.82) is 0 Å². The van der Waals surface area contributed by atoms with Crippen molar-refractivity contribution in [3.63, 3.8) is 0 Å². The Kier molecular flexibility index (Phi) is 4.52. The maximum Gasteiger partial charge on any atom is 0.441 e. The molecule has 1 unspecified atom stereocenters. The summed E-state index contributed by atoms with van der Waals surface area (Å²) in [6.45, 7) is 3.07. The molecule has 1 heterocycles. The summed E-state index contributed by atoms with van der Waals surface area (Å²) in [7, 11) is 0. The van der Waals surface area contributed by atoms with Crippen LogP contribution in [0.1, 0.15) is 20.3 Å². The number of amides is 2. The molecule has 1 rings (SSSR count). The lowest BCUT2D eigenvalue weighted by molar-refractivity contribution is -0.149. The van der Waals surface area contributed by atoms with Crippen molar-refractivity contribution in [2.24, 2.45) is 0 Å². The van der Waals surface area contributed by atoms with E-state index >= 15 is 0 Å². The lowest BCUT2D eigenvalue weighted by atomic mass is 9.94. The predicted octanol–water partition coefficient (Wildman–Crippen LogP) is 1.37. The summed E-state index contributed by atoms with van der Waals surface area (Å²) in [6.07, 6.45) is 0.403. The number of rotatable bonds is 4. The van der Waals surface area contributed by atoms with Crippen LogP contribution in [0.3, 0.4) is 0 Å². The molecule has 0 saturated carbocycles. The van der Waals surface area contributed by atoms with E-state index < -0.39 is 11.0 Å². The van der Waals surface area contributed by atoms with Crippen LogP contribution < -0.4 is 5.32 Å². The van der Waals surface area contributed by atoms with Gasteiger partial charge >= 0.3 is 5.51 Å². The minimum absolute atomic E-state index is 0.0774. The first-order valence-electron chi connectivity index (χ1n) is 5.49. The van der Waals surface area contributed by atoms with E-state index in [0.29, 0.717) is 6.42 Å². The van der Waals surface area contributed by atoms with Crippen molar-refractivity contribution in [3.05, 3.63) is 0 Å². The molecular weight excluding hydrogens is 269 g/mol. The minimum atomic E-state index is -4.31. The number of hydrogen-bond acceptors (Lipinski definition) is 3. The molecule has 0 aromatic rings. The van der Waals surface area contributed by atoms with Crippen molar-refractivity contribution >= 4 is 23.6 Å². The summed E-state index contributed by atoms with van der Waals surface area (Å²) >= 11 is -0.187. The SMILES string of the molecule is CCC1(C)NC(=O)CN(CCSC(F)(F)F)C1=O. The van der Waals surface area contributed by atoms with Crippen molar-refractivity contribution in [1.82, 2.24) is 10.2 Å². The quantitative estimate of drug-likeness (QED) is 0.848. The number of alkyl halides is 3. The number of carbonyl (C=O) groups is 2. The Hall–Kier alpha value is -0.920. The van der Waals surface area contributed by atoms with E-state index in [1.807, 2.05) is 0 Å². The molecule has 0 aromatic carbocycles. The lowest BCUT2D eigenvalue weighted by Crippen LogP contribution is -2.65. The highest BCUT2D eigenvalue weighted by atomic mass is 32.2. The van der Waals surface area contributed by atoms with Gasteiger partial charge in [-0.05, 0) is 25.1 Å². The van der Waals surface area contributed by atoms with Gasteiger partial charge in [-0.2, -0.15) is 13.2 Å². The highest BCUT2D eigenvalue weighted by molar-refractivity contribution is 8.00. The van der Waals surface area contributed by atoms with E-state index in [-0.39, 0.29) is 42.4 Å². The smallest absolute Gasteiger partial charge is 0.340 e. The van der Waals surface area contributed by atoms with E-state index in [9.17, 15) is 22.8 Å². The highest BCUT2D eigenvalue weighted by Gasteiger charge is 2.41. The van der Waals surface area contributed by atoms with E-state index in [1.54, 1.807) is 13.8 Å². The van der Waals surface area contributed by atoms with Gasteiger partial charge in [0.25, 0.3) is 0 Å². The third-order valence-electron chi connectivity index (χ3n) is 2.84. The van der Waals surface area contributed by atoms with Gasteiger partial charge in [-0.25, -0.2) is 0 Å². The van der Waals surface area contributed by atoms with Gasteiger partial charge in [0.2, 0.25) is 11.8 Å². The third-order valence-corrected chi connectivity index (χ3v) is 3.56. The van der Waals surface area contributed by atoms with Crippen LogP contribution in [0.4, 0.5) is 13.2 Å². The molecule has 104 valence electrons. The second-order valence-electron chi connectivity index (χ2n) is 4.25. The van der Waals surface area contributed by atoms with Gasteiger partial charge in [0, 0.05) is 12.3 Å². The first kappa shape index (κ1) is 15.1. The molecule has 0 radical (unpaired) electrons. The molecule has 1 aliphatic rings. The number of halogens is 3. The van der Waals surface area contributed by atoms with Crippen LogP contribution in [-0.2, 0) is 9.59 Å². The molecule has 1 aliphatic heterocycles. The molecular formula is C10H15F3N2O2S. The first-order valence-corrected chi connectivity index (χ1v) is 6.47. The summed E-state index contributed by atoms with van der Waals surface area (Å²) in [4.78, 5) is 24.6. The summed E-state index contributed by atoms with van der Waals surface area (Å²) in [5.41, 5.74) is -5.31. The van der Waals surface area contributed by atoms with Crippen molar-refractivity contribution < 1.29 is 22.8 Å². The van der Waals surface area contributed by atoms with Gasteiger partial charge in [-0.15, -0.1) is 0 Å². The average molecular weight is 284 g/mol.